The maximum atomic E-state index is 13.1. The van der Waals surface area contributed by atoms with Crippen molar-refractivity contribution in [1.82, 2.24) is 9.97 Å². The molecule has 2 aromatic carbocycles. The molecule has 0 saturated carbocycles. The van der Waals surface area contributed by atoms with Gasteiger partial charge >= 0.3 is 6.18 Å². The van der Waals surface area contributed by atoms with Crippen molar-refractivity contribution >= 4 is 22.7 Å². The number of rotatable bonds is 4. The second-order valence-electron chi connectivity index (χ2n) is 5.79. The number of alkyl halides is 3. The lowest BCUT2D eigenvalue weighted by Gasteiger charge is -2.13. The smallest absolute Gasteiger partial charge is 0.224 e. The van der Waals surface area contributed by atoms with Crippen LogP contribution < -0.4 is 0 Å². The number of aryl methyl sites for hydroxylation is 1. The highest BCUT2D eigenvalue weighted by atomic mass is 32.2. The average molecular weight is 373 g/mol. The quantitative estimate of drug-likeness (QED) is 0.467. The molecule has 0 aliphatic carbocycles. The van der Waals surface area contributed by atoms with Gasteiger partial charge in [0.25, 0.3) is 0 Å². The van der Waals surface area contributed by atoms with Crippen LogP contribution in [0, 0.1) is 18.3 Å². The first kappa shape index (κ1) is 18.2. The zero-order valence-corrected chi connectivity index (χ0v) is 14.6. The second kappa shape index (κ2) is 7.34. The van der Waals surface area contributed by atoms with Crippen molar-refractivity contribution in [3.63, 3.8) is 0 Å². The lowest BCUT2D eigenvalue weighted by Crippen LogP contribution is -2.13. The van der Waals surface area contributed by atoms with Crippen LogP contribution >= 0.6 is 11.8 Å². The van der Waals surface area contributed by atoms with Gasteiger partial charge in [0.05, 0.1) is 11.6 Å². The summed E-state index contributed by atoms with van der Waals surface area (Å²) >= 11 is 1.04. The molecule has 3 nitrogen and oxygen atoms in total. The molecule has 0 bridgehead atoms. The minimum atomic E-state index is -4.64. The Morgan fingerprint density at radius 3 is 2.42 bits per heavy atom. The fraction of sp³-hybridized carbons (Fsp3) is 0.211. The highest BCUT2D eigenvalue weighted by Crippen LogP contribution is 2.34. The van der Waals surface area contributed by atoms with Gasteiger partial charge in [-0.2, -0.15) is 18.4 Å². The molecular weight excluding hydrogens is 359 g/mol. The van der Waals surface area contributed by atoms with Crippen molar-refractivity contribution in [3.8, 4) is 6.07 Å². The fourth-order valence-corrected chi connectivity index (χ4v) is 3.49. The van der Waals surface area contributed by atoms with Crippen LogP contribution in [-0.4, -0.2) is 15.2 Å². The number of para-hydroxylation sites is 1. The van der Waals surface area contributed by atoms with E-state index in [2.05, 4.69) is 16.0 Å². The summed E-state index contributed by atoms with van der Waals surface area (Å²) in [5.74, 6) is -1.19. The van der Waals surface area contributed by atoms with Gasteiger partial charge in [0.15, 0.2) is 0 Å². The zero-order chi connectivity index (χ0) is 18.7. The Bertz CT molecular complexity index is 962. The summed E-state index contributed by atoms with van der Waals surface area (Å²) in [6.45, 7) is 1.96. The van der Waals surface area contributed by atoms with Crippen LogP contribution in [0.2, 0.25) is 0 Å². The second-order valence-corrected chi connectivity index (χ2v) is 6.98. The van der Waals surface area contributed by atoms with E-state index < -0.39 is 17.3 Å². The van der Waals surface area contributed by atoms with Gasteiger partial charge in [-0.3, -0.25) is 0 Å². The molecule has 0 amide bonds. The van der Waals surface area contributed by atoms with Crippen LogP contribution in [0.3, 0.4) is 0 Å². The van der Waals surface area contributed by atoms with E-state index in [0.29, 0.717) is 11.8 Å². The minimum Gasteiger partial charge on any atom is -0.224 e. The van der Waals surface area contributed by atoms with Crippen LogP contribution in [-0.2, 0) is 12.6 Å². The summed E-state index contributed by atoms with van der Waals surface area (Å²) in [4.78, 5) is 7.29. The minimum absolute atomic E-state index is 0.168. The molecule has 26 heavy (non-hydrogen) atoms. The first-order valence-electron chi connectivity index (χ1n) is 7.82. The predicted octanol–water partition coefficient (Wildman–Crippen LogP) is 5.18. The summed E-state index contributed by atoms with van der Waals surface area (Å²) in [5.41, 5.74) is 2.26. The molecule has 0 saturated heterocycles. The van der Waals surface area contributed by atoms with E-state index in [9.17, 15) is 18.4 Å². The Balaban J connectivity index is 1.95. The van der Waals surface area contributed by atoms with Crippen LogP contribution in [0.25, 0.3) is 10.9 Å². The number of fused-ring (bicyclic) bond motifs is 1. The third kappa shape index (κ3) is 4.14. The van der Waals surface area contributed by atoms with E-state index in [1.807, 2.05) is 31.2 Å². The maximum absolute atomic E-state index is 13.1. The lowest BCUT2D eigenvalue weighted by atomic mass is 10.1. The van der Waals surface area contributed by atoms with E-state index in [4.69, 9.17) is 0 Å². The number of halogens is 3. The number of thioether (sulfide) groups is 1. The largest absolute Gasteiger partial charge is 0.451 e. The molecule has 3 rings (SSSR count). The fourth-order valence-electron chi connectivity index (χ4n) is 2.45. The normalized spacial score (nSPS) is 12.7. The van der Waals surface area contributed by atoms with E-state index in [0.717, 1.165) is 22.9 Å². The van der Waals surface area contributed by atoms with Gasteiger partial charge in [-0.25, -0.2) is 9.97 Å². The van der Waals surface area contributed by atoms with E-state index >= 15 is 0 Å². The Labute approximate surface area is 152 Å². The van der Waals surface area contributed by atoms with Crippen molar-refractivity contribution < 1.29 is 13.2 Å². The van der Waals surface area contributed by atoms with Crippen LogP contribution in [0.15, 0.2) is 53.6 Å². The SMILES string of the molecule is Cc1ccc(C[C@@H](C#N)Sc2nc(C(F)(F)F)nc3ccccc23)cc1. The molecule has 0 aliphatic rings. The molecular formula is C19H14F3N3S. The van der Waals surface area contributed by atoms with Crippen molar-refractivity contribution in [2.75, 3.05) is 0 Å². The number of benzene rings is 2. The number of aromatic nitrogens is 2. The number of nitriles is 1. The van der Waals surface area contributed by atoms with E-state index in [-0.39, 0.29) is 10.5 Å². The number of hydrogen-bond acceptors (Lipinski definition) is 4. The summed E-state index contributed by atoms with van der Waals surface area (Å²) in [7, 11) is 0. The summed E-state index contributed by atoms with van der Waals surface area (Å²) in [6, 6.07) is 16.4. The molecule has 0 radical (unpaired) electrons. The molecule has 0 fully saturated rings. The molecule has 0 unspecified atom stereocenters. The summed E-state index contributed by atoms with van der Waals surface area (Å²) in [6.07, 6.45) is -4.22. The van der Waals surface area contributed by atoms with Gasteiger partial charge in [0.2, 0.25) is 5.82 Å². The van der Waals surface area contributed by atoms with Crippen molar-refractivity contribution in [1.29, 1.82) is 5.26 Å². The first-order valence-corrected chi connectivity index (χ1v) is 8.70. The molecule has 3 aromatic rings. The molecule has 0 spiro atoms. The molecule has 132 valence electrons. The van der Waals surface area contributed by atoms with Gasteiger partial charge in [-0.15, -0.1) is 0 Å². The van der Waals surface area contributed by atoms with Gasteiger partial charge in [0, 0.05) is 5.39 Å². The molecule has 0 aliphatic heterocycles. The third-order valence-electron chi connectivity index (χ3n) is 3.76. The Morgan fingerprint density at radius 1 is 1.08 bits per heavy atom. The highest BCUT2D eigenvalue weighted by Gasteiger charge is 2.35. The topological polar surface area (TPSA) is 49.6 Å². The van der Waals surface area contributed by atoms with Crippen molar-refractivity contribution in [2.24, 2.45) is 0 Å². The summed E-state index contributed by atoms with van der Waals surface area (Å²) < 4.78 is 39.3. The van der Waals surface area contributed by atoms with Crippen LogP contribution in [0.5, 0.6) is 0 Å². The Hall–Kier alpha value is -2.59. The average Bonchev–Trinajstić information content (AvgIpc) is 2.62. The molecule has 7 heteroatoms. The number of nitrogens with zero attached hydrogens (tertiary/aromatic N) is 3. The van der Waals surface area contributed by atoms with Gasteiger partial charge in [0.1, 0.15) is 10.3 Å². The van der Waals surface area contributed by atoms with E-state index in [1.165, 1.54) is 6.07 Å². The van der Waals surface area contributed by atoms with Gasteiger partial charge < -0.3 is 0 Å². The number of hydrogen-bond donors (Lipinski definition) is 0. The van der Waals surface area contributed by atoms with Gasteiger partial charge in [-0.1, -0.05) is 59.8 Å². The van der Waals surface area contributed by atoms with Crippen molar-refractivity contribution in [3.05, 3.63) is 65.5 Å². The van der Waals surface area contributed by atoms with Gasteiger partial charge in [-0.05, 0) is 25.0 Å². The predicted molar refractivity (Wildman–Crippen MR) is 94.7 cm³/mol. The Morgan fingerprint density at radius 2 is 1.77 bits per heavy atom. The van der Waals surface area contributed by atoms with Crippen LogP contribution in [0.1, 0.15) is 17.0 Å². The Kier molecular flexibility index (Phi) is 5.14. The van der Waals surface area contributed by atoms with Crippen LogP contribution in [0.4, 0.5) is 13.2 Å². The van der Waals surface area contributed by atoms with Crippen molar-refractivity contribution in [2.45, 2.75) is 29.8 Å². The molecule has 1 heterocycles. The lowest BCUT2D eigenvalue weighted by molar-refractivity contribution is -0.145. The monoisotopic (exact) mass is 373 g/mol. The third-order valence-corrected chi connectivity index (χ3v) is 4.85. The molecule has 1 atom stereocenters. The zero-order valence-electron chi connectivity index (χ0n) is 13.8. The molecule has 1 aromatic heterocycles. The highest BCUT2D eigenvalue weighted by molar-refractivity contribution is 8.00. The summed E-state index contributed by atoms with van der Waals surface area (Å²) in [5, 5.41) is 9.59. The standard InChI is InChI=1S/C19H14F3N3S/c1-12-6-8-13(9-7-12)10-14(11-23)26-17-15-4-2-3-5-16(15)24-18(25-17)19(20,21)22/h2-9,14H,10H2,1H3/t14-/m0/s1. The molecule has 0 N–H and O–H groups in total. The first-order chi connectivity index (χ1) is 12.4. The van der Waals surface area contributed by atoms with E-state index in [1.54, 1.807) is 18.2 Å². The maximum Gasteiger partial charge on any atom is 0.451 e.